The molecule has 104 valence electrons. The van der Waals surface area contributed by atoms with Gasteiger partial charge in [-0.05, 0) is 31.5 Å². The van der Waals surface area contributed by atoms with Gasteiger partial charge >= 0.3 is 0 Å². The maximum atomic E-state index is 5.77. The van der Waals surface area contributed by atoms with Crippen LogP contribution in [-0.4, -0.2) is 24.1 Å². The van der Waals surface area contributed by atoms with E-state index in [2.05, 4.69) is 54.6 Å². The standard InChI is InChI=1S/C16H25N3/c1-12(17)8-9-18-11-16(2,3)14-10-19-15-7-5-4-6-13(14)15/h4-7,10,12,18-19H,8-9,11,17H2,1-3H3. The Morgan fingerprint density at radius 1 is 1.32 bits per heavy atom. The molecule has 0 amide bonds. The van der Waals surface area contributed by atoms with E-state index in [0.717, 1.165) is 19.5 Å². The molecule has 0 bridgehead atoms. The Kier molecular flexibility index (Phi) is 4.27. The molecule has 19 heavy (non-hydrogen) atoms. The smallest absolute Gasteiger partial charge is 0.0457 e. The zero-order valence-electron chi connectivity index (χ0n) is 12.2. The first-order valence-corrected chi connectivity index (χ1v) is 7.03. The Morgan fingerprint density at radius 2 is 2.05 bits per heavy atom. The number of fused-ring (bicyclic) bond motifs is 1. The number of nitrogens with two attached hydrogens (primary N) is 1. The molecule has 0 saturated heterocycles. The molecule has 3 nitrogen and oxygen atoms in total. The fraction of sp³-hybridized carbons (Fsp3) is 0.500. The Balaban J connectivity index is 2.06. The van der Waals surface area contributed by atoms with Crippen molar-refractivity contribution >= 4 is 10.9 Å². The molecule has 1 aromatic carbocycles. The van der Waals surface area contributed by atoms with Crippen molar-refractivity contribution in [3.63, 3.8) is 0 Å². The number of rotatable bonds is 6. The van der Waals surface area contributed by atoms with Gasteiger partial charge in [-0.25, -0.2) is 0 Å². The van der Waals surface area contributed by atoms with E-state index in [1.165, 1.54) is 16.5 Å². The molecule has 2 rings (SSSR count). The van der Waals surface area contributed by atoms with Crippen LogP contribution in [0.25, 0.3) is 10.9 Å². The second-order valence-electron chi connectivity index (χ2n) is 6.07. The quantitative estimate of drug-likeness (QED) is 0.699. The average molecular weight is 259 g/mol. The summed E-state index contributed by atoms with van der Waals surface area (Å²) < 4.78 is 0. The number of hydrogen-bond donors (Lipinski definition) is 3. The van der Waals surface area contributed by atoms with Gasteiger partial charge in [-0.3, -0.25) is 0 Å². The van der Waals surface area contributed by atoms with Crippen molar-refractivity contribution in [3.8, 4) is 0 Å². The van der Waals surface area contributed by atoms with Crippen molar-refractivity contribution in [2.24, 2.45) is 5.73 Å². The molecular weight excluding hydrogens is 234 g/mol. The largest absolute Gasteiger partial charge is 0.361 e. The Hall–Kier alpha value is -1.32. The number of benzene rings is 1. The number of aromatic amines is 1. The maximum absolute atomic E-state index is 5.77. The zero-order valence-corrected chi connectivity index (χ0v) is 12.2. The van der Waals surface area contributed by atoms with Crippen LogP contribution in [0.1, 0.15) is 32.8 Å². The van der Waals surface area contributed by atoms with E-state index in [9.17, 15) is 0 Å². The van der Waals surface area contributed by atoms with Crippen molar-refractivity contribution in [2.45, 2.75) is 38.6 Å². The first-order chi connectivity index (χ1) is 9.00. The molecule has 0 spiro atoms. The second kappa shape index (κ2) is 5.76. The molecule has 3 heteroatoms. The molecule has 0 aliphatic heterocycles. The minimum atomic E-state index is 0.109. The minimum absolute atomic E-state index is 0.109. The van der Waals surface area contributed by atoms with Crippen LogP contribution >= 0.6 is 0 Å². The normalized spacial score (nSPS) is 13.9. The lowest BCUT2D eigenvalue weighted by Gasteiger charge is -2.25. The highest BCUT2D eigenvalue weighted by Gasteiger charge is 2.23. The summed E-state index contributed by atoms with van der Waals surface area (Å²) >= 11 is 0. The Labute approximate surface area is 115 Å². The van der Waals surface area contributed by atoms with Gasteiger partial charge in [0.15, 0.2) is 0 Å². The highest BCUT2D eigenvalue weighted by Crippen LogP contribution is 2.29. The van der Waals surface area contributed by atoms with Crippen LogP contribution in [0.3, 0.4) is 0 Å². The number of aromatic nitrogens is 1. The van der Waals surface area contributed by atoms with E-state index in [1.54, 1.807) is 0 Å². The van der Waals surface area contributed by atoms with E-state index in [1.807, 2.05) is 6.92 Å². The van der Waals surface area contributed by atoms with Crippen LogP contribution in [0, 0.1) is 0 Å². The van der Waals surface area contributed by atoms with Crippen LogP contribution in [0.15, 0.2) is 30.5 Å². The third-order valence-electron chi connectivity index (χ3n) is 3.66. The monoisotopic (exact) mass is 259 g/mol. The zero-order chi connectivity index (χ0) is 13.9. The van der Waals surface area contributed by atoms with Gasteiger partial charge < -0.3 is 16.0 Å². The summed E-state index contributed by atoms with van der Waals surface area (Å²) in [6.45, 7) is 8.54. The molecule has 0 aliphatic carbocycles. The lowest BCUT2D eigenvalue weighted by atomic mass is 9.84. The summed E-state index contributed by atoms with van der Waals surface area (Å²) in [5, 5.41) is 4.84. The van der Waals surface area contributed by atoms with Crippen molar-refractivity contribution in [1.29, 1.82) is 0 Å². The molecule has 4 N–H and O–H groups in total. The van der Waals surface area contributed by atoms with Crippen molar-refractivity contribution in [1.82, 2.24) is 10.3 Å². The first kappa shape index (κ1) is 14.1. The second-order valence-corrected chi connectivity index (χ2v) is 6.07. The van der Waals surface area contributed by atoms with Gasteiger partial charge in [0.1, 0.15) is 0 Å². The molecule has 0 fully saturated rings. The van der Waals surface area contributed by atoms with Gasteiger partial charge in [0.2, 0.25) is 0 Å². The highest BCUT2D eigenvalue weighted by atomic mass is 14.9. The fourth-order valence-electron chi connectivity index (χ4n) is 2.46. The molecule has 1 aromatic heterocycles. The van der Waals surface area contributed by atoms with E-state index in [4.69, 9.17) is 5.73 Å². The summed E-state index contributed by atoms with van der Waals surface area (Å²) in [4.78, 5) is 3.36. The summed E-state index contributed by atoms with van der Waals surface area (Å²) in [5.41, 5.74) is 8.46. The van der Waals surface area contributed by atoms with Gasteiger partial charge in [-0.15, -0.1) is 0 Å². The molecule has 0 saturated carbocycles. The van der Waals surface area contributed by atoms with Crippen molar-refractivity contribution in [2.75, 3.05) is 13.1 Å². The lowest BCUT2D eigenvalue weighted by Crippen LogP contribution is -2.35. The number of nitrogens with one attached hydrogen (secondary N) is 2. The van der Waals surface area contributed by atoms with E-state index in [0.29, 0.717) is 0 Å². The number of H-pyrrole nitrogens is 1. The average Bonchev–Trinajstić information content (AvgIpc) is 2.79. The molecule has 0 aliphatic rings. The van der Waals surface area contributed by atoms with Gasteiger partial charge in [-0.1, -0.05) is 32.0 Å². The molecule has 2 aromatic rings. The van der Waals surface area contributed by atoms with Gasteiger partial charge in [-0.2, -0.15) is 0 Å². The van der Waals surface area contributed by atoms with Gasteiger partial charge in [0.25, 0.3) is 0 Å². The summed E-state index contributed by atoms with van der Waals surface area (Å²) in [6.07, 6.45) is 3.15. The van der Waals surface area contributed by atoms with Crippen LogP contribution < -0.4 is 11.1 Å². The van der Waals surface area contributed by atoms with Crippen LogP contribution in [-0.2, 0) is 5.41 Å². The Bertz CT molecular complexity index is 526. The van der Waals surface area contributed by atoms with Crippen LogP contribution in [0.2, 0.25) is 0 Å². The lowest BCUT2D eigenvalue weighted by molar-refractivity contribution is 0.461. The van der Waals surface area contributed by atoms with Crippen LogP contribution in [0.4, 0.5) is 0 Å². The summed E-state index contributed by atoms with van der Waals surface area (Å²) in [6, 6.07) is 8.74. The highest BCUT2D eigenvalue weighted by molar-refractivity contribution is 5.84. The predicted molar refractivity (Wildman–Crippen MR) is 82.5 cm³/mol. The number of hydrogen-bond acceptors (Lipinski definition) is 2. The third-order valence-corrected chi connectivity index (χ3v) is 3.66. The van der Waals surface area contributed by atoms with E-state index in [-0.39, 0.29) is 11.5 Å². The molecule has 0 radical (unpaired) electrons. The van der Waals surface area contributed by atoms with Gasteiger partial charge in [0, 0.05) is 35.1 Å². The van der Waals surface area contributed by atoms with Crippen molar-refractivity contribution < 1.29 is 0 Å². The Morgan fingerprint density at radius 3 is 2.79 bits per heavy atom. The van der Waals surface area contributed by atoms with Crippen molar-refractivity contribution in [3.05, 3.63) is 36.0 Å². The summed E-state index contributed by atoms with van der Waals surface area (Å²) in [5.74, 6) is 0. The summed E-state index contributed by atoms with van der Waals surface area (Å²) in [7, 11) is 0. The molecule has 1 atom stereocenters. The molecule has 1 heterocycles. The molecule has 1 unspecified atom stereocenters. The SMILES string of the molecule is CC(N)CCNCC(C)(C)c1c[nH]c2ccccc12. The number of para-hydroxylation sites is 1. The van der Waals surface area contributed by atoms with Gasteiger partial charge in [0.05, 0.1) is 0 Å². The third kappa shape index (κ3) is 3.37. The first-order valence-electron chi connectivity index (χ1n) is 7.03. The topological polar surface area (TPSA) is 53.8 Å². The minimum Gasteiger partial charge on any atom is -0.361 e. The maximum Gasteiger partial charge on any atom is 0.0457 e. The predicted octanol–water partition coefficient (Wildman–Crippen LogP) is 2.77. The fourth-order valence-corrected chi connectivity index (χ4v) is 2.46. The van der Waals surface area contributed by atoms with E-state index < -0.39 is 0 Å². The molecular formula is C16H25N3. The van der Waals surface area contributed by atoms with E-state index >= 15 is 0 Å². The van der Waals surface area contributed by atoms with Crippen LogP contribution in [0.5, 0.6) is 0 Å².